The van der Waals surface area contributed by atoms with Crippen molar-refractivity contribution in [3.63, 3.8) is 0 Å². The molecule has 3 nitrogen and oxygen atoms in total. The molecule has 0 radical (unpaired) electrons. The summed E-state index contributed by atoms with van der Waals surface area (Å²) in [5.41, 5.74) is 2.82. The van der Waals surface area contributed by atoms with Gasteiger partial charge in [0.1, 0.15) is 0 Å². The highest BCUT2D eigenvalue weighted by Crippen LogP contribution is 2.32. The molecule has 1 fully saturated rings. The van der Waals surface area contributed by atoms with Crippen LogP contribution in [0.5, 0.6) is 0 Å². The summed E-state index contributed by atoms with van der Waals surface area (Å²) in [7, 11) is 0. The maximum absolute atomic E-state index is 9.17. The molecule has 118 valence electrons. The third-order valence-electron chi connectivity index (χ3n) is 4.18. The molecule has 1 aliphatic carbocycles. The summed E-state index contributed by atoms with van der Waals surface area (Å²) in [4.78, 5) is 2.51. The molecule has 2 rings (SSSR count). The molecule has 0 unspecified atom stereocenters. The van der Waals surface area contributed by atoms with Crippen LogP contribution < -0.4 is 10.2 Å². The first-order valence-corrected chi connectivity index (χ1v) is 8.22. The molecule has 1 saturated carbocycles. The number of aliphatic hydroxyl groups is 1. The van der Waals surface area contributed by atoms with Crippen LogP contribution in [-0.2, 0) is 6.54 Å². The van der Waals surface area contributed by atoms with Crippen LogP contribution in [-0.4, -0.2) is 29.8 Å². The van der Waals surface area contributed by atoms with Gasteiger partial charge in [0.2, 0.25) is 0 Å². The fourth-order valence-corrected chi connectivity index (χ4v) is 2.74. The molecule has 0 saturated heterocycles. The van der Waals surface area contributed by atoms with Gasteiger partial charge in [-0.2, -0.15) is 0 Å². The Bertz CT molecular complexity index is 435. The fourth-order valence-electron chi connectivity index (χ4n) is 2.74. The molecule has 1 aliphatic rings. The smallest absolute Gasteiger partial charge is 0.0447 e. The third-order valence-corrected chi connectivity index (χ3v) is 4.18. The van der Waals surface area contributed by atoms with E-state index in [0.29, 0.717) is 6.04 Å². The van der Waals surface area contributed by atoms with E-state index in [0.717, 1.165) is 19.5 Å². The topological polar surface area (TPSA) is 35.5 Å². The van der Waals surface area contributed by atoms with Crippen LogP contribution in [0.15, 0.2) is 24.3 Å². The fraction of sp³-hybridized carbons (Fsp3) is 0.667. The second kappa shape index (κ2) is 7.28. The van der Waals surface area contributed by atoms with Gasteiger partial charge in [-0.25, -0.2) is 0 Å². The van der Waals surface area contributed by atoms with Gasteiger partial charge in [0, 0.05) is 37.0 Å². The molecule has 21 heavy (non-hydrogen) atoms. The van der Waals surface area contributed by atoms with Crippen molar-refractivity contribution in [2.75, 3.05) is 18.1 Å². The summed E-state index contributed by atoms with van der Waals surface area (Å²) < 4.78 is 0. The number of para-hydroxylation sites is 1. The quantitative estimate of drug-likeness (QED) is 0.808. The first-order valence-electron chi connectivity index (χ1n) is 8.22. The molecule has 2 N–H and O–H groups in total. The summed E-state index contributed by atoms with van der Waals surface area (Å²) in [6.07, 6.45) is 4.75. The van der Waals surface area contributed by atoms with Crippen molar-refractivity contribution in [2.24, 2.45) is 0 Å². The minimum absolute atomic E-state index is 0.125. The molecular weight excluding hydrogens is 260 g/mol. The van der Waals surface area contributed by atoms with E-state index in [-0.39, 0.29) is 12.1 Å². The molecule has 3 heteroatoms. The highest BCUT2D eigenvalue weighted by molar-refractivity contribution is 5.55. The Morgan fingerprint density at radius 3 is 2.52 bits per heavy atom. The van der Waals surface area contributed by atoms with E-state index in [9.17, 15) is 5.11 Å². The van der Waals surface area contributed by atoms with E-state index in [1.54, 1.807) is 0 Å². The Labute approximate surface area is 129 Å². The third kappa shape index (κ3) is 4.72. The van der Waals surface area contributed by atoms with Gasteiger partial charge < -0.3 is 15.3 Å². The van der Waals surface area contributed by atoms with E-state index in [4.69, 9.17) is 0 Å². The zero-order chi connectivity index (χ0) is 15.3. The standard InChI is InChI=1S/C18H30N2O/c1-18(2,3)19-14-15-8-4-5-11-17(15)20(12-7-13-21)16-9-6-10-16/h4-5,8,11,16,19,21H,6-7,9-10,12-14H2,1-3H3. The Morgan fingerprint density at radius 2 is 1.95 bits per heavy atom. The van der Waals surface area contributed by atoms with Crippen molar-refractivity contribution in [3.8, 4) is 0 Å². The molecular formula is C18H30N2O. The summed E-state index contributed by atoms with van der Waals surface area (Å²) >= 11 is 0. The number of rotatable bonds is 7. The number of hydrogen-bond acceptors (Lipinski definition) is 3. The Kier molecular flexibility index (Phi) is 5.65. The van der Waals surface area contributed by atoms with Crippen molar-refractivity contribution in [3.05, 3.63) is 29.8 Å². The highest BCUT2D eigenvalue weighted by atomic mass is 16.3. The lowest BCUT2D eigenvalue weighted by Crippen LogP contribution is -2.42. The van der Waals surface area contributed by atoms with E-state index in [1.165, 1.54) is 30.5 Å². The molecule has 1 aromatic rings. The molecule has 0 spiro atoms. The van der Waals surface area contributed by atoms with E-state index in [2.05, 4.69) is 55.3 Å². The maximum atomic E-state index is 9.17. The number of anilines is 1. The van der Waals surface area contributed by atoms with Gasteiger partial charge in [-0.15, -0.1) is 0 Å². The Hall–Kier alpha value is -1.06. The first-order chi connectivity index (χ1) is 10.0. The second-order valence-corrected chi connectivity index (χ2v) is 7.09. The van der Waals surface area contributed by atoms with Crippen molar-refractivity contribution < 1.29 is 5.11 Å². The number of nitrogens with zero attached hydrogens (tertiary/aromatic N) is 1. The predicted molar refractivity (Wildman–Crippen MR) is 89.7 cm³/mol. The van der Waals surface area contributed by atoms with Crippen molar-refractivity contribution in [2.45, 2.75) is 64.6 Å². The van der Waals surface area contributed by atoms with Crippen LogP contribution in [0.4, 0.5) is 5.69 Å². The predicted octanol–water partition coefficient (Wildman–Crippen LogP) is 3.32. The van der Waals surface area contributed by atoms with Crippen LogP contribution >= 0.6 is 0 Å². The minimum Gasteiger partial charge on any atom is -0.396 e. The van der Waals surface area contributed by atoms with Gasteiger partial charge in [-0.1, -0.05) is 18.2 Å². The summed E-state index contributed by atoms with van der Waals surface area (Å²) in [5, 5.41) is 12.8. The normalized spacial score (nSPS) is 15.8. The average Bonchev–Trinajstić information content (AvgIpc) is 2.38. The molecule has 0 heterocycles. The van der Waals surface area contributed by atoms with Crippen molar-refractivity contribution >= 4 is 5.69 Å². The molecule has 0 aromatic heterocycles. The van der Waals surface area contributed by atoms with Crippen LogP contribution in [0.1, 0.15) is 52.0 Å². The lowest BCUT2D eigenvalue weighted by atomic mass is 9.90. The average molecular weight is 290 g/mol. The molecule has 0 atom stereocenters. The zero-order valence-electron chi connectivity index (χ0n) is 13.7. The van der Waals surface area contributed by atoms with Crippen LogP contribution in [0.2, 0.25) is 0 Å². The second-order valence-electron chi connectivity index (χ2n) is 7.09. The van der Waals surface area contributed by atoms with Crippen LogP contribution in [0, 0.1) is 0 Å². The molecule has 1 aromatic carbocycles. The van der Waals surface area contributed by atoms with Crippen LogP contribution in [0.25, 0.3) is 0 Å². The highest BCUT2D eigenvalue weighted by Gasteiger charge is 2.26. The number of hydrogen-bond donors (Lipinski definition) is 2. The molecule has 0 aliphatic heterocycles. The van der Waals surface area contributed by atoms with E-state index >= 15 is 0 Å². The summed E-state index contributed by atoms with van der Waals surface area (Å²) in [6.45, 7) is 8.71. The number of nitrogens with one attached hydrogen (secondary N) is 1. The lowest BCUT2D eigenvalue weighted by Gasteiger charge is -2.40. The van der Waals surface area contributed by atoms with E-state index in [1.807, 2.05) is 0 Å². The SMILES string of the molecule is CC(C)(C)NCc1ccccc1N(CCCO)C1CCC1. The van der Waals surface area contributed by atoms with E-state index < -0.39 is 0 Å². The number of aliphatic hydroxyl groups excluding tert-OH is 1. The zero-order valence-corrected chi connectivity index (χ0v) is 13.7. The van der Waals surface area contributed by atoms with Gasteiger partial charge in [0.15, 0.2) is 0 Å². The lowest BCUT2D eigenvalue weighted by molar-refractivity contribution is 0.283. The minimum atomic E-state index is 0.125. The summed E-state index contributed by atoms with van der Waals surface area (Å²) in [6, 6.07) is 9.36. The molecule has 0 bridgehead atoms. The van der Waals surface area contributed by atoms with Crippen LogP contribution in [0.3, 0.4) is 0 Å². The van der Waals surface area contributed by atoms with Crippen molar-refractivity contribution in [1.29, 1.82) is 0 Å². The van der Waals surface area contributed by atoms with Gasteiger partial charge in [-0.05, 0) is 58.1 Å². The Balaban J connectivity index is 2.14. The van der Waals surface area contributed by atoms with Gasteiger partial charge in [0.05, 0.1) is 0 Å². The monoisotopic (exact) mass is 290 g/mol. The maximum Gasteiger partial charge on any atom is 0.0447 e. The first kappa shape index (κ1) is 16.3. The summed E-state index contributed by atoms with van der Waals surface area (Å²) in [5.74, 6) is 0. The number of benzene rings is 1. The van der Waals surface area contributed by atoms with Gasteiger partial charge in [0.25, 0.3) is 0 Å². The Morgan fingerprint density at radius 1 is 1.24 bits per heavy atom. The van der Waals surface area contributed by atoms with Crippen molar-refractivity contribution in [1.82, 2.24) is 5.32 Å². The van der Waals surface area contributed by atoms with Gasteiger partial charge in [-0.3, -0.25) is 0 Å². The molecule has 0 amide bonds. The largest absolute Gasteiger partial charge is 0.396 e. The van der Waals surface area contributed by atoms with Gasteiger partial charge >= 0.3 is 0 Å².